The van der Waals surface area contributed by atoms with Crippen molar-refractivity contribution in [3.8, 4) is 0 Å². The van der Waals surface area contributed by atoms with E-state index in [1.807, 2.05) is 18.2 Å². The Morgan fingerprint density at radius 3 is 2.80 bits per heavy atom. The Bertz CT molecular complexity index is 1110. The quantitative estimate of drug-likeness (QED) is 0.437. The van der Waals surface area contributed by atoms with Crippen molar-refractivity contribution in [1.82, 2.24) is 0 Å². The number of rotatable bonds is 7. The molecule has 1 aromatic heterocycles. The number of nitrogens with zero attached hydrogens (tertiary/aromatic N) is 1. The Morgan fingerprint density at radius 1 is 1.17 bits per heavy atom. The van der Waals surface area contributed by atoms with Gasteiger partial charge >= 0.3 is 5.97 Å². The van der Waals surface area contributed by atoms with Gasteiger partial charge in [-0.1, -0.05) is 31.2 Å². The molecular formula is C24H23NO5. The van der Waals surface area contributed by atoms with E-state index in [2.05, 4.69) is 6.92 Å². The Morgan fingerprint density at radius 2 is 2.03 bits per heavy atom. The standard InChI is InChI=1S/C24H23NO5/c1-2-16-8-9-20-18(14-29-22(20)11-16)13-24(28)30-15-21(26)17-5-3-6-19(12-17)25-10-4-7-23(25)27/h3,5-6,8-9,11-12,14H,2,4,7,10,13,15H2,1H3. The summed E-state index contributed by atoms with van der Waals surface area (Å²) in [5.74, 6) is -0.734. The van der Waals surface area contributed by atoms with Crippen LogP contribution in [0.25, 0.3) is 11.0 Å². The SMILES string of the molecule is CCc1ccc2c(CC(=O)OCC(=O)c3cccc(N4CCCC4=O)c3)coc2c1. The summed E-state index contributed by atoms with van der Waals surface area (Å²) >= 11 is 0. The molecule has 0 aliphatic carbocycles. The van der Waals surface area contributed by atoms with Gasteiger partial charge in [0.2, 0.25) is 5.91 Å². The molecule has 6 nitrogen and oxygen atoms in total. The molecule has 0 unspecified atom stereocenters. The summed E-state index contributed by atoms with van der Waals surface area (Å²) < 4.78 is 10.8. The normalized spacial score (nSPS) is 13.8. The lowest BCUT2D eigenvalue weighted by Crippen LogP contribution is -2.24. The molecule has 1 fully saturated rings. The van der Waals surface area contributed by atoms with E-state index in [-0.39, 0.29) is 24.7 Å². The number of benzene rings is 2. The number of fused-ring (bicyclic) bond motifs is 1. The van der Waals surface area contributed by atoms with Gasteiger partial charge in [-0.25, -0.2) is 0 Å². The van der Waals surface area contributed by atoms with E-state index in [4.69, 9.17) is 9.15 Å². The predicted octanol–water partition coefficient (Wildman–Crippen LogP) is 4.09. The minimum absolute atomic E-state index is 0.0358. The first-order chi connectivity index (χ1) is 14.5. The van der Waals surface area contributed by atoms with Gasteiger partial charge in [0.15, 0.2) is 12.4 Å². The lowest BCUT2D eigenvalue weighted by molar-refractivity contribution is -0.141. The summed E-state index contributed by atoms with van der Waals surface area (Å²) in [4.78, 5) is 38.3. The van der Waals surface area contributed by atoms with Gasteiger partial charge < -0.3 is 14.1 Å². The van der Waals surface area contributed by atoms with Crippen molar-refractivity contribution in [1.29, 1.82) is 0 Å². The van der Waals surface area contributed by atoms with Crippen molar-refractivity contribution in [3.05, 3.63) is 65.4 Å². The third-order valence-electron chi connectivity index (χ3n) is 5.38. The Labute approximate surface area is 174 Å². The minimum atomic E-state index is -0.489. The van der Waals surface area contributed by atoms with Crippen LogP contribution < -0.4 is 4.90 Å². The summed E-state index contributed by atoms with van der Waals surface area (Å²) in [5.41, 5.74) is 3.75. The molecule has 6 heteroatoms. The molecule has 0 N–H and O–H groups in total. The molecule has 1 amide bonds. The molecular weight excluding hydrogens is 382 g/mol. The van der Waals surface area contributed by atoms with Crippen molar-refractivity contribution >= 4 is 34.3 Å². The first kappa shape index (κ1) is 19.9. The van der Waals surface area contributed by atoms with Crippen molar-refractivity contribution in [2.45, 2.75) is 32.6 Å². The molecule has 0 saturated carbocycles. The van der Waals surface area contributed by atoms with Crippen LogP contribution in [0.2, 0.25) is 0 Å². The maximum absolute atomic E-state index is 12.5. The smallest absolute Gasteiger partial charge is 0.310 e. The number of aryl methyl sites for hydroxylation is 1. The zero-order chi connectivity index (χ0) is 21.1. The molecule has 0 radical (unpaired) electrons. The molecule has 0 bridgehead atoms. The zero-order valence-corrected chi connectivity index (χ0v) is 16.8. The van der Waals surface area contributed by atoms with E-state index in [9.17, 15) is 14.4 Å². The third kappa shape index (κ3) is 4.13. The second kappa shape index (κ2) is 8.53. The van der Waals surface area contributed by atoms with Crippen LogP contribution in [-0.4, -0.2) is 30.8 Å². The Hall–Kier alpha value is -3.41. The van der Waals surface area contributed by atoms with Crippen LogP contribution in [0.4, 0.5) is 5.69 Å². The summed E-state index contributed by atoms with van der Waals surface area (Å²) in [7, 11) is 0. The number of amides is 1. The Kier molecular flexibility index (Phi) is 5.65. The molecule has 154 valence electrons. The summed E-state index contributed by atoms with van der Waals surface area (Å²) in [6, 6.07) is 12.8. The highest BCUT2D eigenvalue weighted by Gasteiger charge is 2.22. The van der Waals surface area contributed by atoms with Gasteiger partial charge in [-0.05, 0) is 36.6 Å². The van der Waals surface area contributed by atoms with Crippen molar-refractivity contribution in [2.75, 3.05) is 18.1 Å². The topological polar surface area (TPSA) is 76.8 Å². The van der Waals surface area contributed by atoms with Gasteiger partial charge in [-0.3, -0.25) is 14.4 Å². The van der Waals surface area contributed by atoms with E-state index in [1.165, 1.54) is 0 Å². The molecule has 1 aliphatic heterocycles. The minimum Gasteiger partial charge on any atom is -0.464 e. The van der Waals surface area contributed by atoms with Crippen molar-refractivity contribution in [2.24, 2.45) is 0 Å². The first-order valence-corrected chi connectivity index (χ1v) is 10.1. The third-order valence-corrected chi connectivity index (χ3v) is 5.38. The van der Waals surface area contributed by atoms with Crippen molar-refractivity contribution < 1.29 is 23.5 Å². The molecule has 1 saturated heterocycles. The molecule has 1 aliphatic rings. The number of hydrogen-bond acceptors (Lipinski definition) is 5. The van der Waals surface area contributed by atoms with Crippen LogP contribution in [0.3, 0.4) is 0 Å². The van der Waals surface area contributed by atoms with E-state index in [1.54, 1.807) is 35.4 Å². The van der Waals surface area contributed by atoms with Crippen LogP contribution in [0, 0.1) is 0 Å². The first-order valence-electron chi connectivity index (χ1n) is 10.1. The highest BCUT2D eigenvalue weighted by molar-refractivity contribution is 6.01. The van der Waals surface area contributed by atoms with E-state index >= 15 is 0 Å². The fraction of sp³-hybridized carbons (Fsp3) is 0.292. The molecule has 2 heterocycles. The monoisotopic (exact) mass is 405 g/mol. The number of Topliss-reactive ketones (excluding diaryl/α,β-unsaturated/α-hetero) is 1. The highest BCUT2D eigenvalue weighted by atomic mass is 16.5. The van der Waals surface area contributed by atoms with Gasteiger partial charge in [-0.15, -0.1) is 0 Å². The van der Waals surface area contributed by atoms with Crippen LogP contribution in [0.15, 0.2) is 53.1 Å². The number of ketones is 1. The van der Waals surface area contributed by atoms with Crippen LogP contribution in [0.5, 0.6) is 0 Å². The average Bonchev–Trinajstić information content (AvgIpc) is 3.37. The number of anilines is 1. The van der Waals surface area contributed by atoms with Gasteiger partial charge in [0.05, 0.1) is 12.7 Å². The van der Waals surface area contributed by atoms with Crippen LogP contribution >= 0.6 is 0 Å². The van der Waals surface area contributed by atoms with Gasteiger partial charge in [0.1, 0.15) is 5.58 Å². The molecule has 0 spiro atoms. The summed E-state index contributed by atoms with van der Waals surface area (Å²) in [6.07, 6.45) is 3.84. The molecule has 2 aromatic carbocycles. The largest absolute Gasteiger partial charge is 0.464 e. The second-order valence-electron chi connectivity index (χ2n) is 7.40. The second-order valence-corrected chi connectivity index (χ2v) is 7.40. The average molecular weight is 405 g/mol. The van der Waals surface area contributed by atoms with Gasteiger partial charge in [0, 0.05) is 35.2 Å². The molecule has 4 rings (SSSR count). The number of ether oxygens (including phenoxy) is 1. The summed E-state index contributed by atoms with van der Waals surface area (Å²) in [6.45, 7) is 2.38. The highest BCUT2D eigenvalue weighted by Crippen LogP contribution is 2.24. The predicted molar refractivity (Wildman–Crippen MR) is 113 cm³/mol. The van der Waals surface area contributed by atoms with Gasteiger partial charge in [0.25, 0.3) is 0 Å². The van der Waals surface area contributed by atoms with Crippen LogP contribution in [-0.2, 0) is 27.2 Å². The molecule has 0 atom stereocenters. The maximum Gasteiger partial charge on any atom is 0.310 e. The van der Waals surface area contributed by atoms with E-state index < -0.39 is 5.97 Å². The van der Waals surface area contributed by atoms with E-state index in [0.29, 0.717) is 24.2 Å². The zero-order valence-electron chi connectivity index (χ0n) is 16.8. The number of esters is 1. The van der Waals surface area contributed by atoms with Gasteiger partial charge in [-0.2, -0.15) is 0 Å². The number of carbonyl (C=O) groups is 3. The lowest BCUT2D eigenvalue weighted by Gasteiger charge is -2.16. The number of furan rings is 1. The fourth-order valence-corrected chi connectivity index (χ4v) is 3.69. The molecule has 30 heavy (non-hydrogen) atoms. The lowest BCUT2D eigenvalue weighted by atomic mass is 10.1. The molecule has 3 aromatic rings. The Balaban J connectivity index is 1.37. The number of hydrogen-bond donors (Lipinski definition) is 0. The van der Waals surface area contributed by atoms with Crippen molar-refractivity contribution in [3.63, 3.8) is 0 Å². The maximum atomic E-state index is 12.5. The fourth-order valence-electron chi connectivity index (χ4n) is 3.69. The summed E-state index contributed by atoms with van der Waals surface area (Å²) in [5, 5.41) is 0.874. The number of carbonyl (C=O) groups excluding carboxylic acids is 3. The van der Waals surface area contributed by atoms with E-state index in [0.717, 1.165) is 34.9 Å². The van der Waals surface area contributed by atoms with Crippen LogP contribution in [0.1, 0.15) is 41.3 Å².